The molecule has 8 rings (SSSR count). The molecule has 0 saturated carbocycles. The lowest BCUT2D eigenvalue weighted by molar-refractivity contribution is 1.02. The van der Waals surface area contributed by atoms with Gasteiger partial charge in [0.1, 0.15) is 0 Å². The van der Waals surface area contributed by atoms with Crippen molar-refractivity contribution in [3.05, 3.63) is 203 Å². The van der Waals surface area contributed by atoms with E-state index < -0.39 is 0 Å². The molecule has 0 amide bonds. The van der Waals surface area contributed by atoms with Gasteiger partial charge in [-0.2, -0.15) is 0 Å². The maximum Gasteiger partial charge on any atom is 0.0671 e. The predicted molar refractivity (Wildman–Crippen MR) is 224 cm³/mol. The van der Waals surface area contributed by atoms with Gasteiger partial charge in [0, 0.05) is 11.3 Å². The van der Waals surface area contributed by atoms with Gasteiger partial charge < -0.3 is 0 Å². The van der Waals surface area contributed by atoms with Crippen molar-refractivity contribution in [1.82, 2.24) is 0 Å². The zero-order valence-electron chi connectivity index (χ0n) is 30.0. The Morgan fingerprint density at radius 2 is 1.27 bits per heavy atom. The summed E-state index contributed by atoms with van der Waals surface area (Å²) < 4.78 is 0. The molecule has 0 unspecified atom stereocenters. The van der Waals surface area contributed by atoms with Crippen LogP contribution in [0.4, 0.5) is 0 Å². The molecule has 0 saturated heterocycles. The number of nitrogens with zero attached hydrogens (tertiary/aromatic N) is 1. The van der Waals surface area contributed by atoms with Crippen LogP contribution in [-0.2, 0) is 6.42 Å². The molecule has 0 bridgehead atoms. The van der Waals surface area contributed by atoms with E-state index in [9.17, 15) is 0 Å². The molecule has 0 atom stereocenters. The lowest BCUT2D eigenvalue weighted by Gasteiger charge is -2.17. The lowest BCUT2D eigenvalue weighted by atomic mass is 9.90. The van der Waals surface area contributed by atoms with Crippen LogP contribution in [0.3, 0.4) is 0 Å². The second-order valence-corrected chi connectivity index (χ2v) is 13.8. The maximum absolute atomic E-state index is 5.66. The van der Waals surface area contributed by atoms with Gasteiger partial charge in [0.15, 0.2) is 0 Å². The summed E-state index contributed by atoms with van der Waals surface area (Å²) in [5, 5.41) is 2.46. The third-order valence-corrected chi connectivity index (χ3v) is 10.2. The second kappa shape index (κ2) is 15.1. The lowest BCUT2D eigenvalue weighted by Crippen LogP contribution is -2.04. The van der Waals surface area contributed by atoms with Gasteiger partial charge in [-0.25, -0.2) is 0 Å². The van der Waals surface area contributed by atoms with Crippen molar-refractivity contribution >= 4 is 28.3 Å². The standard InChI is InChI=1S/C51H43N/c1-3-15-50(47-30-29-45(39-20-11-6-12-21-39)48-35-43-22-13-14-23-46(43)51(47)48)52-49(31-24-36(2)32-37-16-7-4-8-17-37)44-28-27-41-33-40(25-26-42(41)34-44)38-18-9-5-10-19-38/h4-23,25-30,32-34H,3,24,31,35H2,1-2H3/b36-32-,50-15+,52-49+. The highest BCUT2D eigenvalue weighted by Crippen LogP contribution is 2.46. The molecule has 1 nitrogen and oxygen atoms in total. The quantitative estimate of drug-likeness (QED) is 0.129. The van der Waals surface area contributed by atoms with Gasteiger partial charge >= 0.3 is 0 Å². The highest BCUT2D eigenvalue weighted by atomic mass is 14.8. The van der Waals surface area contributed by atoms with E-state index in [0.717, 1.165) is 37.1 Å². The first-order valence-corrected chi connectivity index (χ1v) is 18.5. The summed E-state index contributed by atoms with van der Waals surface area (Å²) in [6.45, 7) is 4.46. The third-order valence-electron chi connectivity index (χ3n) is 10.2. The van der Waals surface area contributed by atoms with E-state index in [1.165, 1.54) is 77.5 Å². The number of hydrogen-bond acceptors (Lipinski definition) is 1. The first-order chi connectivity index (χ1) is 25.6. The van der Waals surface area contributed by atoms with Crippen LogP contribution in [0, 0.1) is 0 Å². The van der Waals surface area contributed by atoms with Crippen molar-refractivity contribution in [3.63, 3.8) is 0 Å². The third kappa shape index (κ3) is 6.96. The molecular weight excluding hydrogens is 627 g/mol. The van der Waals surface area contributed by atoms with Crippen molar-refractivity contribution < 1.29 is 0 Å². The molecule has 0 spiro atoms. The van der Waals surface area contributed by atoms with E-state index in [1.807, 2.05) is 0 Å². The van der Waals surface area contributed by atoms with Crippen LogP contribution in [0.15, 0.2) is 180 Å². The molecule has 252 valence electrons. The molecule has 52 heavy (non-hydrogen) atoms. The Balaban J connectivity index is 1.24. The molecule has 7 aromatic carbocycles. The van der Waals surface area contributed by atoms with Crippen LogP contribution >= 0.6 is 0 Å². The first-order valence-electron chi connectivity index (χ1n) is 18.5. The molecule has 0 N–H and O–H groups in total. The summed E-state index contributed by atoms with van der Waals surface area (Å²) >= 11 is 0. The molecule has 0 radical (unpaired) electrons. The normalized spacial score (nSPS) is 12.9. The molecule has 0 heterocycles. The molecule has 1 heteroatoms. The maximum atomic E-state index is 5.66. The number of rotatable bonds is 10. The zero-order valence-corrected chi connectivity index (χ0v) is 30.0. The van der Waals surface area contributed by atoms with Crippen molar-refractivity contribution in [2.45, 2.75) is 39.5 Å². The molecule has 7 aromatic rings. The Bertz CT molecular complexity index is 2450. The van der Waals surface area contributed by atoms with E-state index >= 15 is 0 Å². The highest BCUT2D eigenvalue weighted by molar-refractivity contribution is 6.07. The fourth-order valence-electron chi connectivity index (χ4n) is 7.63. The van der Waals surface area contributed by atoms with Crippen LogP contribution in [0.2, 0.25) is 0 Å². The number of allylic oxidation sites excluding steroid dienone is 2. The second-order valence-electron chi connectivity index (χ2n) is 13.8. The van der Waals surface area contributed by atoms with Crippen molar-refractivity contribution in [3.8, 4) is 33.4 Å². The van der Waals surface area contributed by atoms with Crippen LogP contribution in [0.25, 0.3) is 55.9 Å². The Hall–Kier alpha value is -6.05. The van der Waals surface area contributed by atoms with Crippen LogP contribution in [-0.4, -0.2) is 5.71 Å². The number of fused-ring (bicyclic) bond motifs is 4. The largest absolute Gasteiger partial charge is 0.253 e. The average molecular weight is 670 g/mol. The zero-order chi connectivity index (χ0) is 35.3. The minimum atomic E-state index is 0.838. The molecule has 0 fully saturated rings. The molecular formula is C51H43N. The summed E-state index contributed by atoms with van der Waals surface area (Å²) in [5.41, 5.74) is 17.6. The summed E-state index contributed by atoms with van der Waals surface area (Å²) in [4.78, 5) is 5.66. The summed E-state index contributed by atoms with van der Waals surface area (Å²) in [5.74, 6) is 0. The van der Waals surface area contributed by atoms with E-state index in [-0.39, 0.29) is 0 Å². The minimum Gasteiger partial charge on any atom is -0.253 e. The van der Waals surface area contributed by atoms with Gasteiger partial charge in [-0.15, -0.1) is 0 Å². The van der Waals surface area contributed by atoms with Crippen LogP contribution < -0.4 is 0 Å². The Kier molecular flexibility index (Phi) is 9.59. The summed E-state index contributed by atoms with van der Waals surface area (Å²) in [7, 11) is 0. The van der Waals surface area contributed by atoms with E-state index in [0.29, 0.717) is 0 Å². The smallest absolute Gasteiger partial charge is 0.0671 e. The van der Waals surface area contributed by atoms with Gasteiger partial charge in [-0.3, -0.25) is 4.99 Å². The Morgan fingerprint density at radius 1 is 0.596 bits per heavy atom. The van der Waals surface area contributed by atoms with Crippen LogP contribution in [0.1, 0.15) is 60.9 Å². The molecule has 0 aliphatic heterocycles. The SMILES string of the molecule is CC/C=C(/N=C(\CC/C(C)=C\c1ccccc1)c1ccc2cc(-c3ccccc3)ccc2c1)c1ccc(-c2ccccc2)c2c1-c1ccccc1C2. The van der Waals surface area contributed by atoms with Gasteiger partial charge in [0.05, 0.1) is 5.70 Å². The van der Waals surface area contributed by atoms with Crippen LogP contribution in [0.5, 0.6) is 0 Å². The number of hydrogen-bond donors (Lipinski definition) is 0. The fraction of sp³-hybridized carbons (Fsp3) is 0.118. The van der Waals surface area contributed by atoms with Gasteiger partial charge in [-0.05, 0) is 111 Å². The van der Waals surface area contributed by atoms with Crippen molar-refractivity contribution in [2.75, 3.05) is 0 Å². The van der Waals surface area contributed by atoms with Gasteiger partial charge in [-0.1, -0.05) is 176 Å². The average Bonchev–Trinajstić information content (AvgIpc) is 3.59. The summed E-state index contributed by atoms with van der Waals surface area (Å²) in [6.07, 6.45) is 8.21. The highest BCUT2D eigenvalue weighted by Gasteiger charge is 2.26. The number of benzene rings is 7. The van der Waals surface area contributed by atoms with Crippen molar-refractivity contribution in [2.24, 2.45) is 4.99 Å². The van der Waals surface area contributed by atoms with E-state index in [4.69, 9.17) is 4.99 Å². The summed E-state index contributed by atoms with van der Waals surface area (Å²) in [6, 6.07) is 59.3. The molecule has 1 aliphatic rings. The molecule has 1 aliphatic carbocycles. The topological polar surface area (TPSA) is 12.4 Å². The van der Waals surface area contributed by atoms with E-state index in [1.54, 1.807) is 0 Å². The van der Waals surface area contributed by atoms with E-state index in [2.05, 4.69) is 190 Å². The Labute approximate surface area is 308 Å². The monoisotopic (exact) mass is 669 g/mol. The Morgan fingerprint density at radius 3 is 2.04 bits per heavy atom. The van der Waals surface area contributed by atoms with Gasteiger partial charge in [0.25, 0.3) is 0 Å². The minimum absolute atomic E-state index is 0.838. The fourth-order valence-corrected chi connectivity index (χ4v) is 7.63. The van der Waals surface area contributed by atoms with Crippen molar-refractivity contribution in [1.29, 1.82) is 0 Å². The number of aliphatic imine (C=N–C) groups is 1. The van der Waals surface area contributed by atoms with Gasteiger partial charge in [0.2, 0.25) is 0 Å². The first kappa shape index (κ1) is 33.1. The molecule has 0 aromatic heterocycles. The predicted octanol–water partition coefficient (Wildman–Crippen LogP) is 13.9.